The number of hydrogen-bond donors (Lipinski definition) is 1. The van der Waals surface area contributed by atoms with E-state index in [1.54, 1.807) is 36.3 Å². The second-order valence-electron chi connectivity index (χ2n) is 7.77. The Morgan fingerprint density at radius 2 is 1.86 bits per heavy atom. The molecule has 1 N–H and O–H groups in total. The number of para-hydroxylation sites is 1. The molecule has 36 heavy (non-hydrogen) atoms. The molecule has 0 radical (unpaired) electrons. The normalized spacial score (nSPS) is 15.6. The number of aliphatic imine (C=N–C) groups is 1. The van der Waals surface area contributed by atoms with Gasteiger partial charge in [-0.25, -0.2) is 9.79 Å². The van der Waals surface area contributed by atoms with E-state index in [1.165, 1.54) is 11.8 Å². The van der Waals surface area contributed by atoms with Crippen LogP contribution in [0.15, 0.2) is 82.7 Å². The summed E-state index contributed by atoms with van der Waals surface area (Å²) in [5.41, 5.74) is 2.77. The Labute approximate surface area is 227 Å². The molecule has 0 saturated carbocycles. The number of carboxylic acids is 1. The highest BCUT2D eigenvalue weighted by Crippen LogP contribution is 2.35. The molecule has 0 aromatic heterocycles. The molecule has 1 aliphatic heterocycles. The standard InChI is InChI=1S/C27H23IN2O5S/c1-34-14-13-30-25(31)24(36-27(30)29-21-5-3-2-4-6-21)16-19-9-12-23(22(28)15-19)35-17-18-7-10-20(11-8-18)26(32)33/h2-12,15-16H,13-14,17H2,1H3,(H,32,33)/b24-16-,29-27?. The molecule has 4 rings (SSSR count). The summed E-state index contributed by atoms with van der Waals surface area (Å²) in [6.07, 6.45) is 1.86. The molecule has 1 amide bonds. The first-order valence-electron chi connectivity index (χ1n) is 11.0. The number of ether oxygens (including phenoxy) is 2. The molecule has 3 aromatic carbocycles. The van der Waals surface area contributed by atoms with E-state index in [0.29, 0.717) is 35.6 Å². The fourth-order valence-electron chi connectivity index (χ4n) is 3.36. The smallest absolute Gasteiger partial charge is 0.335 e. The summed E-state index contributed by atoms with van der Waals surface area (Å²) in [5, 5.41) is 9.65. The van der Waals surface area contributed by atoms with Gasteiger partial charge in [-0.15, -0.1) is 0 Å². The van der Waals surface area contributed by atoms with Crippen molar-refractivity contribution in [2.75, 3.05) is 20.3 Å². The number of benzene rings is 3. The number of carbonyl (C=O) groups excluding carboxylic acids is 1. The first-order valence-corrected chi connectivity index (χ1v) is 12.9. The molecule has 0 aliphatic carbocycles. The van der Waals surface area contributed by atoms with Crippen LogP contribution in [-0.4, -0.2) is 47.3 Å². The molecule has 0 bridgehead atoms. The summed E-state index contributed by atoms with van der Waals surface area (Å²) in [6.45, 7) is 1.15. The van der Waals surface area contributed by atoms with Crippen molar-refractivity contribution < 1.29 is 24.2 Å². The average molecular weight is 614 g/mol. The Kier molecular flexibility index (Phi) is 8.79. The third-order valence-electron chi connectivity index (χ3n) is 5.24. The Bertz CT molecular complexity index is 1310. The van der Waals surface area contributed by atoms with Gasteiger partial charge in [-0.3, -0.25) is 9.69 Å². The van der Waals surface area contributed by atoms with E-state index in [-0.39, 0.29) is 11.5 Å². The second-order valence-corrected chi connectivity index (χ2v) is 9.94. The van der Waals surface area contributed by atoms with Gasteiger partial charge in [0.25, 0.3) is 5.91 Å². The van der Waals surface area contributed by atoms with Crippen LogP contribution in [0.1, 0.15) is 21.5 Å². The van der Waals surface area contributed by atoms with Gasteiger partial charge in [0.1, 0.15) is 12.4 Å². The van der Waals surface area contributed by atoms with Crippen LogP contribution >= 0.6 is 34.4 Å². The van der Waals surface area contributed by atoms with Crippen molar-refractivity contribution in [1.29, 1.82) is 0 Å². The third kappa shape index (κ3) is 6.54. The summed E-state index contributed by atoms with van der Waals surface area (Å²) >= 11 is 3.55. The van der Waals surface area contributed by atoms with Gasteiger partial charge in [0.15, 0.2) is 5.17 Å². The molecule has 0 unspecified atom stereocenters. The minimum absolute atomic E-state index is 0.105. The van der Waals surface area contributed by atoms with E-state index in [0.717, 1.165) is 20.4 Å². The molecule has 0 atom stereocenters. The van der Waals surface area contributed by atoms with Gasteiger partial charge < -0.3 is 14.6 Å². The number of thioether (sulfide) groups is 1. The molecular weight excluding hydrogens is 591 g/mol. The fraction of sp³-hybridized carbons (Fsp3) is 0.148. The molecule has 7 nitrogen and oxygen atoms in total. The van der Waals surface area contributed by atoms with Gasteiger partial charge in [-0.1, -0.05) is 36.4 Å². The maximum Gasteiger partial charge on any atom is 0.335 e. The van der Waals surface area contributed by atoms with Gasteiger partial charge in [-0.2, -0.15) is 0 Å². The Hall–Kier alpha value is -3.15. The highest BCUT2D eigenvalue weighted by Gasteiger charge is 2.33. The van der Waals surface area contributed by atoms with Crippen molar-refractivity contribution in [2.24, 2.45) is 4.99 Å². The molecule has 3 aromatic rings. The summed E-state index contributed by atoms with van der Waals surface area (Å²) in [5.74, 6) is -0.355. The van der Waals surface area contributed by atoms with Gasteiger partial charge in [0, 0.05) is 7.11 Å². The van der Waals surface area contributed by atoms with Crippen molar-refractivity contribution >= 4 is 63.2 Å². The molecule has 1 heterocycles. The summed E-state index contributed by atoms with van der Waals surface area (Å²) < 4.78 is 12.0. The summed E-state index contributed by atoms with van der Waals surface area (Å²) in [4.78, 5) is 31.0. The van der Waals surface area contributed by atoms with Crippen LogP contribution in [0.2, 0.25) is 0 Å². The molecule has 1 fully saturated rings. The predicted molar refractivity (Wildman–Crippen MR) is 150 cm³/mol. The lowest BCUT2D eigenvalue weighted by Crippen LogP contribution is -2.32. The SMILES string of the molecule is COCCN1C(=O)/C(=C/c2ccc(OCc3ccc(C(=O)O)cc3)c(I)c2)SC1=Nc1ccccc1. The first kappa shape index (κ1) is 25.9. The average Bonchev–Trinajstić information content (AvgIpc) is 3.16. The van der Waals surface area contributed by atoms with Crippen LogP contribution < -0.4 is 4.74 Å². The van der Waals surface area contributed by atoms with E-state index in [2.05, 4.69) is 27.6 Å². The van der Waals surface area contributed by atoms with Crippen LogP contribution in [-0.2, 0) is 16.1 Å². The van der Waals surface area contributed by atoms with Crippen LogP contribution in [0.5, 0.6) is 5.75 Å². The number of halogens is 1. The van der Waals surface area contributed by atoms with Gasteiger partial charge in [0.2, 0.25) is 0 Å². The molecule has 0 spiro atoms. The van der Waals surface area contributed by atoms with Crippen LogP contribution in [0.4, 0.5) is 5.69 Å². The summed E-state index contributed by atoms with van der Waals surface area (Å²) in [7, 11) is 1.61. The number of carbonyl (C=O) groups is 2. The van der Waals surface area contributed by atoms with Crippen molar-refractivity contribution in [3.63, 3.8) is 0 Å². The number of amides is 1. The molecular formula is C27H23IN2O5S. The van der Waals surface area contributed by atoms with Crippen LogP contribution in [0, 0.1) is 3.57 Å². The maximum absolute atomic E-state index is 13.1. The van der Waals surface area contributed by atoms with Gasteiger partial charge in [-0.05, 0) is 88.0 Å². The van der Waals surface area contributed by atoms with E-state index in [4.69, 9.17) is 14.6 Å². The van der Waals surface area contributed by atoms with Crippen LogP contribution in [0.3, 0.4) is 0 Å². The molecule has 1 saturated heterocycles. The van der Waals surface area contributed by atoms with E-state index >= 15 is 0 Å². The van der Waals surface area contributed by atoms with Gasteiger partial charge in [0.05, 0.1) is 32.9 Å². The van der Waals surface area contributed by atoms with Crippen molar-refractivity contribution in [3.05, 3.63) is 98.0 Å². The number of rotatable bonds is 9. The Morgan fingerprint density at radius 3 is 2.53 bits per heavy atom. The highest BCUT2D eigenvalue weighted by molar-refractivity contribution is 14.1. The zero-order valence-electron chi connectivity index (χ0n) is 19.4. The minimum Gasteiger partial charge on any atom is -0.488 e. The van der Waals surface area contributed by atoms with E-state index in [1.807, 2.05) is 54.6 Å². The van der Waals surface area contributed by atoms with E-state index < -0.39 is 5.97 Å². The third-order valence-corrected chi connectivity index (χ3v) is 7.09. The predicted octanol–water partition coefficient (Wildman–Crippen LogP) is 5.82. The lowest BCUT2D eigenvalue weighted by molar-refractivity contribution is -0.122. The van der Waals surface area contributed by atoms with Crippen molar-refractivity contribution in [1.82, 2.24) is 4.90 Å². The lowest BCUT2D eigenvalue weighted by atomic mass is 10.1. The minimum atomic E-state index is -0.957. The molecule has 184 valence electrons. The monoisotopic (exact) mass is 614 g/mol. The lowest BCUT2D eigenvalue weighted by Gasteiger charge is -2.14. The van der Waals surface area contributed by atoms with Crippen molar-refractivity contribution in [3.8, 4) is 5.75 Å². The van der Waals surface area contributed by atoms with E-state index in [9.17, 15) is 9.59 Å². The zero-order valence-corrected chi connectivity index (χ0v) is 22.4. The molecule has 1 aliphatic rings. The fourth-order valence-corrected chi connectivity index (χ4v) is 5.08. The van der Waals surface area contributed by atoms with Gasteiger partial charge >= 0.3 is 5.97 Å². The summed E-state index contributed by atoms with van der Waals surface area (Å²) in [6, 6.07) is 21.9. The number of hydrogen-bond acceptors (Lipinski definition) is 6. The van der Waals surface area contributed by atoms with Crippen LogP contribution in [0.25, 0.3) is 6.08 Å². The maximum atomic E-state index is 13.1. The molecule has 9 heteroatoms. The Morgan fingerprint density at radius 1 is 1.11 bits per heavy atom. The number of carboxylic acid groups (broad SMARTS) is 1. The first-order chi connectivity index (χ1) is 17.4. The quantitative estimate of drug-likeness (QED) is 0.242. The number of methoxy groups -OCH3 is 1. The largest absolute Gasteiger partial charge is 0.488 e. The number of amidine groups is 1. The number of nitrogens with zero attached hydrogens (tertiary/aromatic N) is 2. The van der Waals surface area contributed by atoms with Crippen molar-refractivity contribution in [2.45, 2.75) is 6.61 Å². The highest BCUT2D eigenvalue weighted by atomic mass is 127. The topological polar surface area (TPSA) is 88.4 Å². The Balaban J connectivity index is 1.49. The number of aromatic carboxylic acids is 1. The second kappa shape index (κ2) is 12.2. The zero-order chi connectivity index (χ0) is 25.5.